The number of hydrogen-bond donors (Lipinski definition) is 4. The molecule has 178 valence electrons. The number of nitrogens with two attached hydrogens (primary N) is 1. The Hall–Kier alpha value is -3.27. The summed E-state index contributed by atoms with van der Waals surface area (Å²) in [6.45, 7) is 3.13. The van der Waals surface area contributed by atoms with Gasteiger partial charge >= 0.3 is 0 Å². The summed E-state index contributed by atoms with van der Waals surface area (Å²) in [4.78, 5) is 11.4. The summed E-state index contributed by atoms with van der Waals surface area (Å²) in [6.07, 6.45) is 1.80. The fourth-order valence-electron chi connectivity index (χ4n) is 4.76. The van der Waals surface area contributed by atoms with Crippen LogP contribution in [0.15, 0.2) is 42.6 Å². The molecular formula is C25H30FN7O. The predicted molar refractivity (Wildman–Crippen MR) is 133 cm³/mol. The van der Waals surface area contributed by atoms with E-state index < -0.39 is 6.10 Å². The lowest BCUT2D eigenvalue weighted by Gasteiger charge is -2.34. The quantitative estimate of drug-likeness (QED) is 0.469. The third-order valence-corrected chi connectivity index (χ3v) is 6.76. The lowest BCUT2D eigenvalue weighted by atomic mass is 9.96. The maximum atomic E-state index is 14.7. The average Bonchev–Trinajstić information content (AvgIpc) is 3.13. The Morgan fingerprint density at radius 2 is 2.00 bits per heavy atom. The summed E-state index contributed by atoms with van der Waals surface area (Å²) < 4.78 is 14.7. The molecule has 0 bridgehead atoms. The number of nitrogens with zero attached hydrogens (tertiary/aromatic N) is 4. The lowest BCUT2D eigenvalue weighted by molar-refractivity contribution is 0.131. The number of aliphatic hydroxyl groups excluding tert-OH is 1. The van der Waals surface area contributed by atoms with Crippen molar-refractivity contribution in [3.05, 3.63) is 54.0 Å². The number of aliphatic hydroxyl groups is 1. The van der Waals surface area contributed by atoms with Crippen LogP contribution in [0.2, 0.25) is 0 Å². The molecule has 3 atom stereocenters. The molecule has 0 amide bonds. The predicted octanol–water partition coefficient (Wildman–Crippen LogP) is 2.91. The van der Waals surface area contributed by atoms with Crippen molar-refractivity contribution in [2.75, 3.05) is 42.4 Å². The van der Waals surface area contributed by atoms with Crippen LogP contribution in [0.25, 0.3) is 22.4 Å². The van der Waals surface area contributed by atoms with Crippen molar-refractivity contribution >= 4 is 17.3 Å². The molecule has 8 nitrogen and oxygen atoms in total. The van der Waals surface area contributed by atoms with Gasteiger partial charge in [-0.05, 0) is 48.7 Å². The first-order chi connectivity index (χ1) is 16.4. The van der Waals surface area contributed by atoms with Gasteiger partial charge in [0, 0.05) is 50.6 Å². The number of anilines is 3. The molecule has 2 aliphatic heterocycles. The minimum Gasteiger partial charge on any atom is -0.390 e. The Labute approximate surface area is 198 Å². The lowest BCUT2D eigenvalue weighted by Crippen LogP contribution is -2.51. The number of halogens is 1. The summed E-state index contributed by atoms with van der Waals surface area (Å²) >= 11 is 0. The van der Waals surface area contributed by atoms with Gasteiger partial charge < -0.3 is 26.1 Å². The number of piperidine rings is 1. The van der Waals surface area contributed by atoms with E-state index >= 15 is 0 Å². The molecule has 0 radical (unpaired) electrons. The number of benzene rings is 2. The van der Waals surface area contributed by atoms with Crippen LogP contribution >= 0.6 is 0 Å². The first-order valence-electron chi connectivity index (χ1n) is 11.5. The summed E-state index contributed by atoms with van der Waals surface area (Å²) in [5.74, 6) is 0.151. The minimum absolute atomic E-state index is 0.176. The van der Waals surface area contributed by atoms with Gasteiger partial charge in [-0.1, -0.05) is 12.1 Å². The Morgan fingerprint density at radius 3 is 2.74 bits per heavy atom. The van der Waals surface area contributed by atoms with Gasteiger partial charge in [0.1, 0.15) is 5.82 Å². The molecule has 9 heteroatoms. The highest BCUT2D eigenvalue weighted by Crippen LogP contribution is 2.38. The second kappa shape index (κ2) is 8.83. The number of fused-ring (bicyclic) bond motifs is 1. The topological polar surface area (TPSA) is 103 Å². The third-order valence-electron chi connectivity index (χ3n) is 6.76. The Bertz CT molecular complexity index is 1220. The molecule has 0 spiro atoms. The number of hydrazine groups is 1. The molecule has 5 N–H and O–H groups in total. The molecule has 34 heavy (non-hydrogen) atoms. The molecule has 0 aliphatic carbocycles. The van der Waals surface area contributed by atoms with Crippen LogP contribution in [0, 0.1) is 5.82 Å². The Kier molecular flexibility index (Phi) is 5.85. The highest BCUT2D eigenvalue weighted by Gasteiger charge is 2.28. The zero-order chi connectivity index (χ0) is 24.0. The summed E-state index contributed by atoms with van der Waals surface area (Å²) in [5.41, 5.74) is 15.2. The number of rotatable bonds is 4. The maximum Gasteiger partial charge on any atom is 0.225 e. The Morgan fingerprint density at radius 1 is 1.21 bits per heavy atom. The van der Waals surface area contributed by atoms with Crippen LogP contribution < -0.4 is 26.4 Å². The van der Waals surface area contributed by atoms with E-state index in [0.29, 0.717) is 42.4 Å². The monoisotopic (exact) mass is 463 g/mol. The van der Waals surface area contributed by atoms with E-state index in [9.17, 15) is 9.50 Å². The largest absolute Gasteiger partial charge is 0.390 e. The van der Waals surface area contributed by atoms with Gasteiger partial charge in [-0.15, -0.1) is 0 Å². The number of aromatic nitrogens is 2. The summed E-state index contributed by atoms with van der Waals surface area (Å²) in [6, 6.07) is 11.2. The fourth-order valence-corrected chi connectivity index (χ4v) is 4.76. The second-order valence-corrected chi connectivity index (χ2v) is 9.03. The van der Waals surface area contributed by atoms with Crippen molar-refractivity contribution in [1.29, 1.82) is 0 Å². The van der Waals surface area contributed by atoms with Gasteiger partial charge in [0.15, 0.2) is 0 Å². The third kappa shape index (κ3) is 3.96. The van der Waals surface area contributed by atoms with E-state index in [0.717, 1.165) is 16.8 Å². The molecule has 2 aromatic carbocycles. The molecule has 3 aromatic rings. The zero-order valence-electron chi connectivity index (χ0n) is 19.6. The van der Waals surface area contributed by atoms with Crippen molar-refractivity contribution in [2.45, 2.75) is 31.5 Å². The van der Waals surface area contributed by atoms with Crippen LogP contribution in [0.4, 0.5) is 21.7 Å². The van der Waals surface area contributed by atoms with Crippen molar-refractivity contribution < 1.29 is 9.50 Å². The number of β-amino-alcohol motifs (C(OH)–C–C–N with tert-alkyl or cyclic N) is 1. The maximum absolute atomic E-state index is 14.7. The van der Waals surface area contributed by atoms with E-state index in [1.807, 2.05) is 29.1 Å². The first kappa shape index (κ1) is 22.5. The second-order valence-electron chi connectivity index (χ2n) is 9.03. The molecule has 1 aromatic heterocycles. The molecule has 1 fully saturated rings. The molecular weight excluding hydrogens is 433 g/mol. The molecule has 3 heterocycles. The van der Waals surface area contributed by atoms with Gasteiger partial charge in [-0.25, -0.2) is 19.8 Å². The normalized spacial score (nSPS) is 22.1. The van der Waals surface area contributed by atoms with Crippen LogP contribution in [-0.4, -0.2) is 54.4 Å². The van der Waals surface area contributed by atoms with Gasteiger partial charge in [0.05, 0.1) is 29.2 Å². The highest BCUT2D eigenvalue weighted by molar-refractivity contribution is 5.83. The molecule has 3 unspecified atom stereocenters. The van der Waals surface area contributed by atoms with E-state index in [2.05, 4.69) is 34.8 Å². The molecule has 5 rings (SSSR count). The van der Waals surface area contributed by atoms with E-state index in [-0.39, 0.29) is 17.9 Å². The van der Waals surface area contributed by atoms with Gasteiger partial charge in [-0.2, -0.15) is 0 Å². The standard InChI is InChI=1S/C25H30FN7O/c1-14-17-10-15(5-7-22(17)32(3)31-14)18-12-29-25(33-9-8-20(27)23(34)13-33)30-24(18)16-4-6-21(28-2)19(26)11-16/h4-7,10-12,14,20,23,28,31,34H,8-9,13,27H2,1-3H3. The number of nitrogens with one attached hydrogen (secondary N) is 2. The van der Waals surface area contributed by atoms with Crippen molar-refractivity contribution in [3.63, 3.8) is 0 Å². The molecule has 0 saturated carbocycles. The smallest absolute Gasteiger partial charge is 0.225 e. The summed E-state index contributed by atoms with van der Waals surface area (Å²) in [7, 11) is 3.69. The van der Waals surface area contributed by atoms with Crippen LogP contribution in [0.1, 0.15) is 24.9 Å². The van der Waals surface area contributed by atoms with Crippen LogP contribution in [0.3, 0.4) is 0 Å². The average molecular weight is 464 g/mol. The zero-order valence-corrected chi connectivity index (χ0v) is 19.6. The van der Waals surface area contributed by atoms with Gasteiger partial charge in [0.25, 0.3) is 0 Å². The van der Waals surface area contributed by atoms with Crippen molar-refractivity contribution in [3.8, 4) is 22.4 Å². The van der Waals surface area contributed by atoms with Crippen LogP contribution in [0.5, 0.6) is 0 Å². The first-order valence-corrected chi connectivity index (χ1v) is 11.5. The van der Waals surface area contributed by atoms with E-state index in [4.69, 9.17) is 10.7 Å². The molecule has 1 saturated heterocycles. The van der Waals surface area contributed by atoms with Crippen molar-refractivity contribution in [2.24, 2.45) is 5.73 Å². The van der Waals surface area contributed by atoms with Crippen LogP contribution in [-0.2, 0) is 0 Å². The number of hydrogen-bond acceptors (Lipinski definition) is 8. The van der Waals surface area contributed by atoms with Gasteiger partial charge in [0.2, 0.25) is 5.95 Å². The molecule has 2 aliphatic rings. The SMILES string of the molecule is CNc1ccc(-c2nc(N3CCC(N)C(O)C3)ncc2-c2ccc3c(c2)C(C)NN3C)cc1F. The van der Waals surface area contributed by atoms with Gasteiger partial charge in [-0.3, -0.25) is 0 Å². The van der Waals surface area contributed by atoms with E-state index in [1.54, 1.807) is 19.3 Å². The van der Waals surface area contributed by atoms with Crippen molar-refractivity contribution in [1.82, 2.24) is 15.4 Å². The minimum atomic E-state index is -0.643. The fraction of sp³-hybridized carbons (Fsp3) is 0.360. The highest BCUT2D eigenvalue weighted by atomic mass is 19.1. The van der Waals surface area contributed by atoms with E-state index in [1.165, 1.54) is 11.6 Å². The summed E-state index contributed by atoms with van der Waals surface area (Å²) in [5, 5.41) is 15.1. The Balaban J connectivity index is 1.62.